The summed E-state index contributed by atoms with van der Waals surface area (Å²) < 4.78 is 0. The molecule has 0 aromatic heterocycles. The van der Waals surface area contributed by atoms with Crippen LogP contribution in [-0.2, 0) is 0 Å². The molecule has 0 heterocycles. The molecular formula is C6H3BClNO2. The molecule has 3 nitrogen and oxygen atoms in total. The van der Waals surface area contributed by atoms with E-state index in [1.165, 1.54) is 18.2 Å². The van der Waals surface area contributed by atoms with Crippen LogP contribution in [0.2, 0.25) is 5.02 Å². The van der Waals surface area contributed by atoms with Crippen molar-refractivity contribution in [2.75, 3.05) is 0 Å². The molecule has 5 heteroatoms. The number of nitro groups is 1. The second-order valence-corrected chi connectivity index (χ2v) is 2.38. The van der Waals surface area contributed by atoms with Gasteiger partial charge < -0.3 is 0 Å². The minimum atomic E-state index is -0.571. The van der Waals surface area contributed by atoms with Crippen LogP contribution in [-0.4, -0.2) is 12.8 Å². The maximum atomic E-state index is 10.2. The number of halogens is 1. The molecule has 0 fully saturated rings. The Hall–Kier alpha value is -1.03. The van der Waals surface area contributed by atoms with Crippen molar-refractivity contribution in [3.63, 3.8) is 0 Å². The predicted octanol–water partition coefficient (Wildman–Crippen LogP) is 1.04. The Morgan fingerprint density at radius 1 is 1.55 bits per heavy atom. The number of nitrogens with zero attached hydrogens (tertiary/aromatic N) is 1. The molecule has 0 N–H and O–H groups in total. The fourth-order valence-corrected chi connectivity index (χ4v) is 0.856. The van der Waals surface area contributed by atoms with Crippen molar-refractivity contribution in [3.05, 3.63) is 33.3 Å². The predicted molar refractivity (Wildman–Crippen MR) is 43.5 cm³/mol. The maximum absolute atomic E-state index is 10.2. The van der Waals surface area contributed by atoms with Crippen molar-refractivity contribution < 1.29 is 4.92 Å². The minimum absolute atomic E-state index is 0.101. The van der Waals surface area contributed by atoms with Gasteiger partial charge in [-0.2, -0.15) is 0 Å². The van der Waals surface area contributed by atoms with Crippen LogP contribution in [0.5, 0.6) is 0 Å². The zero-order chi connectivity index (χ0) is 8.43. The molecular weight excluding hydrogens is 164 g/mol. The van der Waals surface area contributed by atoms with E-state index < -0.39 is 4.92 Å². The van der Waals surface area contributed by atoms with Gasteiger partial charge in [0.25, 0.3) is 5.69 Å². The van der Waals surface area contributed by atoms with Crippen LogP contribution in [0.1, 0.15) is 0 Å². The van der Waals surface area contributed by atoms with Crippen LogP contribution in [0.15, 0.2) is 18.2 Å². The molecule has 1 aromatic carbocycles. The molecule has 0 spiro atoms. The van der Waals surface area contributed by atoms with Crippen molar-refractivity contribution >= 4 is 30.6 Å². The Balaban J connectivity index is 3.23. The van der Waals surface area contributed by atoms with Crippen LogP contribution in [0, 0.1) is 10.1 Å². The van der Waals surface area contributed by atoms with E-state index in [9.17, 15) is 10.1 Å². The summed E-state index contributed by atoms with van der Waals surface area (Å²) >= 11 is 5.49. The number of benzene rings is 1. The summed E-state index contributed by atoms with van der Waals surface area (Å²) in [6.07, 6.45) is 0. The zero-order valence-corrected chi connectivity index (χ0v) is 6.21. The molecule has 11 heavy (non-hydrogen) atoms. The van der Waals surface area contributed by atoms with Gasteiger partial charge in [-0.1, -0.05) is 23.1 Å². The first kappa shape index (κ1) is 8.08. The Labute approximate surface area is 69.5 Å². The van der Waals surface area contributed by atoms with Gasteiger partial charge in [0.15, 0.2) is 0 Å². The van der Waals surface area contributed by atoms with Crippen LogP contribution in [0.25, 0.3) is 0 Å². The van der Waals surface area contributed by atoms with Gasteiger partial charge in [-0.15, -0.1) is 0 Å². The standard InChI is InChI=1S/C6H3BClNO2/c7-4-1-2-5(8)6(3-4)9(10)11/h1-3H. The quantitative estimate of drug-likeness (QED) is 0.356. The summed E-state index contributed by atoms with van der Waals surface area (Å²) in [6, 6.07) is 4.13. The van der Waals surface area contributed by atoms with Gasteiger partial charge in [-0.05, 0) is 6.07 Å². The van der Waals surface area contributed by atoms with E-state index in [4.69, 9.17) is 19.4 Å². The molecule has 0 amide bonds. The molecule has 0 atom stereocenters. The maximum Gasteiger partial charge on any atom is 0.287 e. The summed E-state index contributed by atoms with van der Waals surface area (Å²) in [5.74, 6) is 0. The van der Waals surface area contributed by atoms with Crippen molar-refractivity contribution in [2.45, 2.75) is 0 Å². The average Bonchev–Trinajstić information content (AvgIpc) is 1.94. The third-order valence-corrected chi connectivity index (χ3v) is 1.49. The van der Waals surface area contributed by atoms with Crippen LogP contribution in [0.3, 0.4) is 0 Å². The second kappa shape index (κ2) is 2.92. The minimum Gasteiger partial charge on any atom is -0.258 e. The van der Waals surface area contributed by atoms with E-state index >= 15 is 0 Å². The molecule has 0 aliphatic rings. The lowest BCUT2D eigenvalue weighted by Gasteiger charge is -1.95. The topological polar surface area (TPSA) is 43.1 Å². The molecule has 0 bridgehead atoms. The monoisotopic (exact) mass is 167 g/mol. The van der Waals surface area contributed by atoms with Crippen molar-refractivity contribution in [2.24, 2.45) is 0 Å². The molecule has 2 radical (unpaired) electrons. The number of hydrogen-bond donors (Lipinski definition) is 0. The van der Waals surface area contributed by atoms with E-state index in [2.05, 4.69) is 0 Å². The van der Waals surface area contributed by atoms with E-state index in [-0.39, 0.29) is 10.7 Å². The molecule has 1 aromatic rings. The lowest BCUT2D eigenvalue weighted by molar-refractivity contribution is -0.384. The molecule has 0 saturated carbocycles. The molecule has 0 aliphatic heterocycles. The number of nitro benzene ring substituents is 1. The largest absolute Gasteiger partial charge is 0.287 e. The summed E-state index contributed by atoms with van der Waals surface area (Å²) in [7, 11) is 5.30. The van der Waals surface area contributed by atoms with Crippen LogP contribution < -0.4 is 5.46 Å². The lowest BCUT2D eigenvalue weighted by atomic mass is 9.96. The Kier molecular flexibility index (Phi) is 2.15. The molecule has 0 aliphatic carbocycles. The van der Waals surface area contributed by atoms with Gasteiger partial charge in [0.05, 0.1) is 4.92 Å². The first-order valence-electron chi connectivity index (χ1n) is 2.80. The van der Waals surface area contributed by atoms with Gasteiger partial charge in [0, 0.05) is 6.07 Å². The van der Waals surface area contributed by atoms with E-state index in [1.54, 1.807) is 0 Å². The second-order valence-electron chi connectivity index (χ2n) is 1.97. The van der Waals surface area contributed by atoms with Crippen LogP contribution in [0.4, 0.5) is 5.69 Å². The fraction of sp³-hybridized carbons (Fsp3) is 0. The van der Waals surface area contributed by atoms with E-state index in [0.29, 0.717) is 5.46 Å². The Morgan fingerprint density at radius 3 is 2.64 bits per heavy atom. The molecule has 0 saturated heterocycles. The van der Waals surface area contributed by atoms with Gasteiger partial charge in [-0.3, -0.25) is 10.1 Å². The van der Waals surface area contributed by atoms with Crippen molar-refractivity contribution in [1.82, 2.24) is 0 Å². The van der Waals surface area contributed by atoms with Crippen LogP contribution >= 0.6 is 11.6 Å². The third kappa shape index (κ3) is 1.71. The van der Waals surface area contributed by atoms with Crippen molar-refractivity contribution in [1.29, 1.82) is 0 Å². The van der Waals surface area contributed by atoms with Gasteiger partial charge >= 0.3 is 0 Å². The first-order chi connectivity index (χ1) is 5.11. The van der Waals surface area contributed by atoms with E-state index in [1.807, 2.05) is 0 Å². The van der Waals surface area contributed by atoms with Crippen molar-refractivity contribution in [3.8, 4) is 0 Å². The first-order valence-corrected chi connectivity index (χ1v) is 3.18. The Bertz CT molecular complexity index is 303. The average molecular weight is 167 g/mol. The summed E-state index contributed by atoms with van der Waals surface area (Å²) in [5, 5.41) is 10.3. The zero-order valence-electron chi connectivity index (χ0n) is 5.45. The lowest BCUT2D eigenvalue weighted by Crippen LogP contribution is -2.02. The number of hydrogen-bond acceptors (Lipinski definition) is 2. The molecule has 1 rings (SSSR count). The Morgan fingerprint density at radius 2 is 2.18 bits per heavy atom. The summed E-state index contributed by atoms with van der Waals surface area (Å²) in [4.78, 5) is 9.67. The summed E-state index contributed by atoms with van der Waals surface area (Å²) in [6.45, 7) is 0. The van der Waals surface area contributed by atoms with Gasteiger partial charge in [0.1, 0.15) is 12.9 Å². The molecule has 54 valence electrons. The summed E-state index contributed by atoms with van der Waals surface area (Å²) in [5.41, 5.74) is 0.174. The fourth-order valence-electron chi connectivity index (χ4n) is 0.670. The normalized spacial score (nSPS) is 9.55. The van der Waals surface area contributed by atoms with Gasteiger partial charge in [0.2, 0.25) is 0 Å². The number of rotatable bonds is 1. The van der Waals surface area contributed by atoms with Gasteiger partial charge in [-0.25, -0.2) is 0 Å². The highest BCUT2D eigenvalue weighted by molar-refractivity contribution is 6.35. The smallest absolute Gasteiger partial charge is 0.258 e. The highest BCUT2D eigenvalue weighted by Gasteiger charge is 2.10. The SMILES string of the molecule is [B]c1ccc(Cl)c([N+](=O)[O-])c1. The third-order valence-electron chi connectivity index (χ3n) is 1.17. The molecule has 0 unspecified atom stereocenters. The highest BCUT2D eigenvalue weighted by Crippen LogP contribution is 2.21. The highest BCUT2D eigenvalue weighted by atomic mass is 35.5. The van der Waals surface area contributed by atoms with E-state index in [0.717, 1.165) is 0 Å².